The smallest absolute Gasteiger partial charge is 0.198 e. The van der Waals surface area contributed by atoms with Crippen LogP contribution >= 0.6 is 34.5 Å². The Morgan fingerprint density at radius 1 is 0.941 bits per heavy atom. The summed E-state index contributed by atoms with van der Waals surface area (Å²) in [5.41, 5.74) is 0.920. The van der Waals surface area contributed by atoms with Crippen LogP contribution in [0.15, 0.2) is 29.6 Å². The third-order valence-electron chi connectivity index (χ3n) is 2.30. The van der Waals surface area contributed by atoms with E-state index in [4.69, 9.17) is 23.2 Å². The summed E-state index contributed by atoms with van der Waals surface area (Å²) in [6.07, 6.45) is 0. The van der Waals surface area contributed by atoms with E-state index in [0.717, 1.165) is 15.6 Å². The van der Waals surface area contributed by atoms with Crippen molar-refractivity contribution in [1.82, 2.24) is 15.0 Å². The first-order valence-electron chi connectivity index (χ1n) is 4.78. The highest BCUT2D eigenvalue weighted by Crippen LogP contribution is 2.31. The third-order valence-corrected chi connectivity index (χ3v) is 3.60. The Morgan fingerprint density at radius 2 is 1.71 bits per heavy atom. The SMILES string of the molecule is Clc1nc(Cl)nc(-c2cccc3ccsc23)n1. The summed E-state index contributed by atoms with van der Waals surface area (Å²) < 4.78 is 1.12. The lowest BCUT2D eigenvalue weighted by atomic mass is 10.1. The van der Waals surface area contributed by atoms with Crippen LogP contribution in [0.25, 0.3) is 21.5 Å². The number of nitrogens with zero attached hydrogens (tertiary/aromatic N) is 3. The van der Waals surface area contributed by atoms with Crippen LogP contribution in [0.4, 0.5) is 0 Å². The Morgan fingerprint density at radius 3 is 2.47 bits per heavy atom. The van der Waals surface area contributed by atoms with Gasteiger partial charge >= 0.3 is 0 Å². The van der Waals surface area contributed by atoms with Crippen molar-refractivity contribution in [2.45, 2.75) is 0 Å². The van der Waals surface area contributed by atoms with E-state index in [0.29, 0.717) is 5.82 Å². The molecular weight excluding hydrogens is 277 g/mol. The first-order chi connectivity index (χ1) is 8.24. The summed E-state index contributed by atoms with van der Waals surface area (Å²) in [7, 11) is 0. The molecule has 0 N–H and O–H groups in total. The Balaban J connectivity index is 2.30. The summed E-state index contributed by atoms with van der Waals surface area (Å²) in [5.74, 6) is 0.503. The molecule has 0 saturated carbocycles. The fourth-order valence-corrected chi connectivity index (χ4v) is 2.89. The summed E-state index contributed by atoms with van der Waals surface area (Å²) >= 11 is 13.2. The second kappa shape index (κ2) is 4.22. The van der Waals surface area contributed by atoms with Crippen LogP contribution in [-0.4, -0.2) is 15.0 Å². The molecule has 3 rings (SSSR count). The van der Waals surface area contributed by atoms with Gasteiger partial charge in [-0.1, -0.05) is 12.1 Å². The molecule has 0 aliphatic heterocycles. The number of rotatable bonds is 1. The monoisotopic (exact) mass is 281 g/mol. The van der Waals surface area contributed by atoms with Gasteiger partial charge in [-0.05, 0) is 46.1 Å². The Bertz CT molecular complexity index is 676. The summed E-state index contributed by atoms with van der Waals surface area (Å²) in [4.78, 5) is 11.9. The Kier molecular flexibility index (Phi) is 2.70. The first kappa shape index (κ1) is 10.9. The van der Waals surface area contributed by atoms with Crippen LogP contribution < -0.4 is 0 Å². The maximum absolute atomic E-state index is 5.78. The van der Waals surface area contributed by atoms with Crippen molar-refractivity contribution in [3.05, 3.63) is 40.2 Å². The minimum absolute atomic E-state index is 0.105. The number of hydrogen-bond acceptors (Lipinski definition) is 4. The highest BCUT2D eigenvalue weighted by Gasteiger charge is 2.10. The predicted molar refractivity (Wildman–Crippen MR) is 70.7 cm³/mol. The fraction of sp³-hybridized carbons (Fsp3) is 0. The molecule has 3 nitrogen and oxygen atoms in total. The van der Waals surface area contributed by atoms with Gasteiger partial charge < -0.3 is 0 Å². The zero-order valence-corrected chi connectivity index (χ0v) is 10.7. The number of halogens is 2. The van der Waals surface area contributed by atoms with Crippen LogP contribution in [-0.2, 0) is 0 Å². The van der Waals surface area contributed by atoms with Gasteiger partial charge in [0.15, 0.2) is 5.82 Å². The standard InChI is InChI=1S/C11H5Cl2N3S/c12-10-14-9(15-11(13)16-10)7-3-1-2-6-4-5-17-8(6)7/h1-5H. The van der Waals surface area contributed by atoms with Crippen LogP contribution in [0.5, 0.6) is 0 Å². The lowest BCUT2D eigenvalue weighted by Crippen LogP contribution is -1.93. The molecule has 2 aromatic heterocycles. The molecule has 0 spiro atoms. The van der Waals surface area contributed by atoms with Gasteiger partial charge in [0.2, 0.25) is 10.6 Å². The average Bonchev–Trinajstić information content (AvgIpc) is 2.75. The largest absolute Gasteiger partial charge is 0.227 e. The number of hydrogen-bond donors (Lipinski definition) is 0. The second-order valence-electron chi connectivity index (χ2n) is 3.34. The van der Waals surface area contributed by atoms with E-state index in [-0.39, 0.29) is 10.6 Å². The molecule has 2 heterocycles. The quantitative estimate of drug-likeness (QED) is 0.675. The molecule has 3 aromatic rings. The van der Waals surface area contributed by atoms with Gasteiger partial charge in [-0.3, -0.25) is 0 Å². The van der Waals surface area contributed by atoms with Crippen molar-refractivity contribution in [2.24, 2.45) is 0 Å². The topological polar surface area (TPSA) is 38.7 Å². The van der Waals surface area contributed by atoms with E-state index in [9.17, 15) is 0 Å². The molecular formula is C11H5Cl2N3S. The zero-order valence-electron chi connectivity index (χ0n) is 8.39. The number of benzene rings is 1. The predicted octanol–water partition coefficient (Wildman–Crippen LogP) is 4.06. The van der Waals surface area contributed by atoms with E-state index >= 15 is 0 Å². The molecule has 0 unspecified atom stereocenters. The molecule has 0 saturated heterocycles. The molecule has 0 amide bonds. The highest BCUT2D eigenvalue weighted by atomic mass is 35.5. The molecule has 17 heavy (non-hydrogen) atoms. The van der Waals surface area contributed by atoms with Crippen molar-refractivity contribution < 1.29 is 0 Å². The molecule has 0 aliphatic carbocycles. The van der Waals surface area contributed by atoms with Crippen molar-refractivity contribution in [3.63, 3.8) is 0 Å². The minimum Gasteiger partial charge on any atom is -0.198 e. The van der Waals surface area contributed by atoms with E-state index in [1.54, 1.807) is 11.3 Å². The molecule has 0 fully saturated rings. The van der Waals surface area contributed by atoms with Crippen LogP contribution in [0, 0.1) is 0 Å². The van der Waals surface area contributed by atoms with Gasteiger partial charge in [-0.15, -0.1) is 11.3 Å². The van der Waals surface area contributed by atoms with Crippen LogP contribution in [0.1, 0.15) is 0 Å². The maximum atomic E-state index is 5.78. The van der Waals surface area contributed by atoms with Gasteiger partial charge in [-0.2, -0.15) is 15.0 Å². The van der Waals surface area contributed by atoms with Crippen molar-refractivity contribution >= 4 is 44.6 Å². The van der Waals surface area contributed by atoms with Gasteiger partial charge in [0, 0.05) is 10.3 Å². The molecule has 0 radical (unpaired) electrons. The number of thiophene rings is 1. The number of fused-ring (bicyclic) bond motifs is 1. The van der Waals surface area contributed by atoms with Crippen molar-refractivity contribution in [1.29, 1.82) is 0 Å². The Hall–Kier alpha value is -1.23. The summed E-state index contributed by atoms with van der Waals surface area (Å²) in [6.45, 7) is 0. The minimum atomic E-state index is 0.105. The van der Waals surface area contributed by atoms with E-state index in [1.165, 1.54) is 0 Å². The summed E-state index contributed by atoms with van der Waals surface area (Å²) in [5, 5.41) is 3.39. The van der Waals surface area contributed by atoms with Crippen molar-refractivity contribution in [2.75, 3.05) is 0 Å². The lowest BCUT2D eigenvalue weighted by molar-refractivity contribution is 1.06. The Labute approximate surface area is 111 Å². The average molecular weight is 282 g/mol. The first-order valence-corrected chi connectivity index (χ1v) is 6.41. The molecule has 6 heteroatoms. The molecule has 0 atom stereocenters. The van der Waals surface area contributed by atoms with Crippen LogP contribution in [0.3, 0.4) is 0 Å². The molecule has 84 valence electrons. The van der Waals surface area contributed by atoms with Gasteiger partial charge in [0.25, 0.3) is 0 Å². The lowest BCUT2D eigenvalue weighted by Gasteiger charge is -2.02. The normalized spacial score (nSPS) is 10.9. The molecule has 0 bridgehead atoms. The van der Waals surface area contributed by atoms with Crippen molar-refractivity contribution in [3.8, 4) is 11.4 Å². The van der Waals surface area contributed by atoms with Gasteiger partial charge in [0.05, 0.1) is 0 Å². The second-order valence-corrected chi connectivity index (χ2v) is 4.93. The highest BCUT2D eigenvalue weighted by molar-refractivity contribution is 7.17. The third kappa shape index (κ3) is 1.99. The van der Waals surface area contributed by atoms with Gasteiger partial charge in [-0.25, -0.2) is 0 Å². The van der Waals surface area contributed by atoms with E-state index in [2.05, 4.69) is 15.0 Å². The fourth-order valence-electron chi connectivity index (χ4n) is 1.62. The summed E-state index contributed by atoms with van der Waals surface area (Å²) in [6, 6.07) is 7.99. The maximum Gasteiger partial charge on any atom is 0.227 e. The van der Waals surface area contributed by atoms with E-state index in [1.807, 2.05) is 29.6 Å². The van der Waals surface area contributed by atoms with Crippen LogP contribution in [0.2, 0.25) is 10.6 Å². The van der Waals surface area contributed by atoms with E-state index < -0.39 is 0 Å². The number of aromatic nitrogens is 3. The van der Waals surface area contributed by atoms with Gasteiger partial charge in [0.1, 0.15) is 0 Å². The molecule has 1 aromatic carbocycles. The molecule has 0 aliphatic rings. The zero-order chi connectivity index (χ0) is 11.8.